The number of imidazole rings is 1. The summed E-state index contributed by atoms with van der Waals surface area (Å²) in [6.45, 7) is 4.22. The number of fused-ring (bicyclic) bond motifs is 1. The molecular weight excluding hydrogens is 246 g/mol. The summed E-state index contributed by atoms with van der Waals surface area (Å²) in [5.74, 6) is 0.699. The molecule has 0 aliphatic carbocycles. The summed E-state index contributed by atoms with van der Waals surface area (Å²) in [6, 6.07) is 0. The number of anilines is 1. The summed E-state index contributed by atoms with van der Waals surface area (Å²) in [6.07, 6.45) is 3.00. The Kier molecular flexibility index (Phi) is 2.78. The van der Waals surface area contributed by atoms with Crippen LogP contribution in [0.3, 0.4) is 0 Å². The van der Waals surface area contributed by atoms with Crippen molar-refractivity contribution in [1.82, 2.24) is 19.5 Å². The minimum Gasteiger partial charge on any atom is -0.382 e. The normalized spacial score (nSPS) is 27.2. The summed E-state index contributed by atoms with van der Waals surface area (Å²) in [7, 11) is 0. The Morgan fingerprint density at radius 2 is 2.37 bits per heavy atom. The molecule has 0 aromatic carbocycles. The molecule has 3 atom stereocenters. The van der Waals surface area contributed by atoms with E-state index < -0.39 is 0 Å². The number of aromatic amines is 1. The van der Waals surface area contributed by atoms with Gasteiger partial charge in [-0.1, -0.05) is 13.8 Å². The molecule has 2 aromatic rings. The standard InChI is InChI=1S/C12H17N5O2/c1-3-7-6(2)4-8(19-7)17-11-9(16-12(17)18)10(13)14-5-15-11/h5-8H,3-4H2,1-2H3,(H,16,18)(H2,13,14,15). The van der Waals surface area contributed by atoms with Gasteiger partial charge < -0.3 is 15.5 Å². The lowest BCUT2D eigenvalue weighted by Gasteiger charge is -2.13. The first kappa shape index (κ1) is 12.2. The van der Waals surface area contributed by atoms with Crippen LogP contribution in [0.25, 0.3) is 11.2 Å². The summed E-state index contributed by atoms with van der Waals surface area (Å²) in [5, 5.41) is 0. The molecule has 1 aliphatic rings. The number of nitrogens with one attached hydrogen (secondary N) is 1. The van der Waals surface area contributed by atoms with Gasteiger partial charge in [0.2, 0.25) is 0 Å². The zero-order valence-electron chi connectivity index (χ0n) is 11.0. The average Bonchev–Trinajstić information content (AvgIpc) is 2.90. The van der Waals surface area contributed by atoms with Crippen LogP contribution in [0.5, 0.6) is 0 Å². The minimum atomic E-state index is -0.282. The summed E-state index contributed by atoms with van der Waals surface area (Å²) in [5.41, 5.74) is 6.47. The van der Waals surface area contributed by atoms with Gasteiger partial charge in [-0.25, -0.2) is 19.3 Å². The third kappa shape index (κ3) is 1.81. The second-order valence-corrected chi connectivity index (χ2v) is 5.01. The first-order valence-corrected chi connectivity index (χ1v) is 6.48. The minimum absolute atomic E-state index is 0.182. The molecule has 2 aromatic heterocycles. The van der Waals surface area contributed by atoms with Gasteiger partial charge in [0.15, 0.2) is 11.5 Å². The van der Waals surface area contributed by atoms with Crippen molar-refractivity contribution in [2.75, 3.05) is 5.73 Å². The molecule has 0 spiro atoms. The maximum atomic E-state index is 12.1. The average molecular weight is 263 g/mol. The van der Waals surface area contributed by atoms with Crippen LogP contribution in [0.4, 0.5) is 5.82 Å². The lowest BCUT2D eigenvalue weighted by Crippen LogP contribution is -2.22. The molecule has 3 unspecified atom stereocenters. The first-order valence-electron chi connectivity index (χ1n) is 6.48. The molecule has 7 nitrogen and oxygen atoms in total. The van der Waals surface area contributed by atoms with Gasteiger partial charge in [-0.3, -0.25) is 0 Å². The molecule has 0 radical (unpaired) electrons. The zero-order valence-corrected chi connectivity index (χ0v) is 11.0. The van der Waals surface area contributed by atoms with Crippen LogP contribution in [-0.4, -0.2) is 25.6 Å². The predicted molar refractivity (Wildman–Crippen MR) is 70.5 cm³/mol. The second-order valence-electron chi connectivity index (χ2n) is 5.01. The van der Waals surface area contributed by atoms with Crippen molar-refractivity contribution in [3.8, 4) is 0 Å². The summed E-state index contributed by atoms with van der Waals surface area (Å²) >= 11 is 0. The molecule has 3 N–H and O–H groups in total. The Balaban J connectivity index is 2.09. The van der Waals surface area contributed by atoms with Crippen LogP contribution in [0.1, 0.15) is 32.9 Å². The van der Waals surface area contributed by atoms with Crippen LogP contribution in [-0.2, 0) is 4.74 Å². The molecule has 19 heavy (non-hydrogen) atoms. The van der Waals surface area contributed by atoms with Gasteiger partial charge in [0, 0.05) is 0 Å². The highest BCUT2D eigenvalue weighted by atomic mass is 16.5. The Hall–Kier alpha value is -1.89. The largest absolute Gasteiger partial charge is 0.382 e. The summed E-state index contributed by atoms with van der Waals surface area (Å²) in [4.78, 5) is 22.8. The Morgan fingerprint density at radius 3 is 3.05 bits per heavy atom. The highest BCUT2D eigenvalue weighted by molar-refractivity contribution is 5.81. The second kappa shape index (κ2) is 4.34. The quantitative estimate of drug-likeness (QED) is 0.843. The molecule has 1 saturated heterocycles. The van der Waals surface area contributed by atoms with E-state index in [1.165, 1.54) is 6.33 Å². The van der Waals surface area contributed by atoms with Gasteiger partial charge in [0.05, 0.1) is 6.10 Å². The van der Waals surface area contributed by atoms with Gasteiger partial charge in [-0.15, -0.1) is 0 Å². The number of nitrogens with zero attached hydrogens (tertiary/aromatic N) is 3. The number of hydrogen-bond acceptors (Lipinski definition) is 5. The topological polar surface area (TPSA) is 98.8 Å². The maximum Gasteiger partial charge on any atom is 0.329 e. The van der Waals surface area contributed by atoms with Crippen molar-refractivity contribution in [3.63, 3.8) is 0 Å². The highest BCUT2D eigenvalue weighted by Gasteiger charge is 2.34. The van der Waals surface area contributed by atoms with E-state index in [4.69, 9.17) is 10.5 Å². The third-order valence-corrected chi connectivity index (χ3v) is 3.77. The van der Waals surface area contributed by atoms with Crippen molar-refractivity contribution in [3.05, 3.63) is 16.8 Å². The van der Waals surface area contributed by atoms with Gasteiger partial charge in [0.25, 0.3) is 0 Å². The maximum absolute atomic E-state index is 12.1. The summed E-state index contributed by atoms with van der Waals surface area (Å²) < 4.78 is 7.48. The van der Waals surface area contributed by atoms with Gasteiger partial charge in [0.1, 0.15) is 18.1 Å². The molecule has 3 heterocycles. The van der Waals surface area contributed by atoms with E-state index in [0.717, 1.165) is 12.8 Å². The number of rotatable bonds is 2. The zero-order chi connectivity index (χ0) is 13.6. The predicted octanol–water partition coefficient (Wildman–Crippen LogP) is 1.04. The Labute approximate surface area is 109 Å². The van der Waals surface area contributed by atoms with Crippen LogP contribution in [0.2, 0.25) is 0 Å². The number of H-pyrrole nitrogens is 1. The number of hydrogen-bond donors (Lipinski definition) is 2. The van der Waals surface area contributed by atoms with Gasteiger partial charge in [-0.2, -0.15) is 0 Å². The van der Waals surface area contributed by atoms with Crippen molar-refractivity contribution < 1.29 is 4.74 Å². The van der Waals surface area contributed by atoms with E-state index in [-0.39, 0.29) is 23.8 Å². The first-order chi connectivity index (χ1) is 9.11. The van der Waals surface area contributed by atoms with E-state index in [1.807, 2.05) is 0 Å². The number of aromatic nitrogens is 4. The van der Waals surface area contributed by atoms with Gasteiger partial charge in [-0.05, 0) is 18.8 Å². The number of nitrogen functional groups attached to an aromatic ring is 1. The Bertz CT molecular complexity index is 662. The molecule has 1 aliphatic heterocycles. The fourth-order valence-corrected chi connectivity index (χ4v) is 2.75. The van der Waals surface area contributed by atoms with Crippen molar-refractivity contribution in [2.24, 2.45) is 5.92 Å². The van der Waals surface area contributed by atoms with Gasteiger partial charge >= 0.3 is 5.69 Å². The van der Waals surface area contributed by atoms with Crippen LogP contribution < -0.4 is 11.4 Å². The van der Waals surface area contributed by atoms with E-state index in [1.54, 1.807) is 4.57 Å². The molecule has 102 valence electrons. The number of ether oxygens (including phenoxy) is 1. The molecule has 7 heteroatoms. The third-order valence-electron chi connectivity index (χ3n) is 3.77. The molecular formula is C12H17N5O2. The highest BCUT2D eigenvalue weighted by Crippen LogP contribution is 2.35. The van der Waals surface area contributed by atoms with Crippen LogP contribution in [0.15, 0.2) is 11.1 Å². The van der Waals surface area contributed by atoms with Crippen LogP contribution in [0, 0.1) is 5.92 Å². The van der Waals surface area contributed by atoms with Crippen molar-refractivity contribution >= 4 is 17.0 Å². The SMILES string of the molecule is CCC1OC(n2c(=O)[nH]c3c(N)ncnc32)CC1C. The molecule has 1 fully saturated rings. The van der Waals surface area contributed by atoms with Crippen LogP contribution >= 0.6 is 0 Å². The number of nitrogens with two attached hydrogens (primary N) is 1. The fourth-order valence-electron chi connectivity index (χ4n) is 2.75. The lowest BCUT2D eigenvalue weighted by molar-refractivity contribution is -0.00464. The van der Waals surface area contributed by atoms with E-state index in [0.29, 0.717) is 17.1 Å². The van der Waals surface area contributed by atoms with Crippen molar-refractivity contribution in [2.45, 2.75) is 39.0 Å². The Morgan fingerprint density at radius 1 is 1.58 bits per heavy atom. The molecule has 0 saturated carbocycles. The van der Waals surface area contributed by atoms with Crippen molar-refractivity contribution in [1.29, 1.82) is 0 Å². The molecule has 0 amide bonds. The van der Waals surface area contributed by atoms with E-state index >= 15 is 0 Å². The lowest BCUT2D eigenvalue weighted by atomic mass is 10.0. The molecule has 3 rings (SSSR count). The van der Waals surface area contributed by atoms with E-state index in [9.17, 15) is 4.79 Å². The van der Waals surface area contributed by atoms with E-state index in [2.05, 4.69) is 28.8 Å². The fraction of sp³-hybridized carbons (Fsp3) is 0.583. The molecule has 0 bridgehead atoms. The smallest absolute Gasteiger partial charge is 0.329 e. The monoisotopic (exact) mass is 263 g/mol.